The maximum atomic E-state index is 12.4. The molecule has 0 bridgehead atoms. The summed E-state index contributed by atoms with van der Waals surface area (Å²) in [6, 6.07) is 10.4. The molecule has 1 aromatic carbocycles. The number of nitrogens with zero attached hydrogens (tertiary/aromatic N) is 2. The van der Waals surface area contributed by atoms with E-state index in [2.05, 4.69) is 43.2 Å². The zero-order valence-corrected chi connectivity index (χ0v) is 17.1. The summed E-state index contributed by atoms with van der Waals surface area (Å²) < 4.78 is 1.18. The fourth-order valence-electron chi connectivity index (χ4n) is 3.16. The van der Waals surface area contributed by atoms with E-state index in [0.717, 1.165) is 49.5 Å². The number of benzene rings is 1. The van der Waals surface area contributed by atoms with Gasteiger partial charge in [0.05, 0.1) is 10.3 Å². The molecule has 134 valence electrons. The Bertz CT molecular complexity index is 718. The lowest BCUT2D eigenvalue weighted by Gasteiger charge is -2.34. The number of halogens is 1. The Morgan fingerprint density at radius 2 is 1.72 bits per heavy atom. The van der Waals surface area contributed by atoms with Crippen molar-refractivity contribution in [3.63, 3.8) is 0 Å². The Hall–Kier alpha value is -1.21. The number of thiophene rings is 1. The van der Waals surface area contributed by atoms with Gasteiger partial charge in [0.2, 0.25) is 5.91 Å². The largest absolute Gasteiger partial charge is 0.324 e. The van der Waals surface area contributed by atoms with Crippen LogP contribution >= 0.6 is 27.3 Å². The highest BCUT2D eigenvalue weighted by Crippen LogP contribution is 2.23. The molecule has 1 fully saturated rings. The topological polar surface area (TPSA) is 35.6 Å². The number of piperazine rings is 1. The Kier molecular flexibility index (Phi) is 6.28. The van der Waals surface area contributed by atoms with Gasteiger partial charge in [0.25, 0.3) is 0 Å². The molecule has 4 nitrogen and oxygen atoms in total. The first-order chi connectivity index (χ1) is 12.0. The van der Waals surface area contributed by atoms with E-state index in [-0.39, 0.29) is 5.91 Å². The maximum Gasteiger partial charge on any atom is 0.238 e. The predicted octanol–water partition coefficient (Wildman–Crippen LogP) is 3.88. The van der Waals surface area contributed by atoms with E-state index in [0.29, 0.717) is 6.54 Å². The van der Waals surface area contributed by atoms with Gasteiger partial charge in [-0.1, -0.05) is 18.2 Å². The number of para-hydroxylation sites is 1. The minimum absolute atomic E-state index is 0.0769. The molecule has 6 heteroatoms. The van der Waals surface area contributed by atoms with Gasteiger partial charge in [-0.15, -0.1) is 11.3 Å². The zero-order chi connectivity index (χ0) is 17.8. The second-order valence-corrected chi connectivity index (χ2v) is 9.12. The number of nitrogens with one attached hydrogen (secondary N) is 1. The van der Waals surface area contributed by atoms with Crippen molar-refractivity contribution in [1.29, 1.82) is 0 Å². The van der Waals surface area contributed by atoms with Gasteiger partial charge in [0.1, 0.15) is 0 Å². The lowest BCUT2D eigenvalue weighted by atomic mass is 10.1. The summed E-state index contributed by atoms with van der Waals surface area (Å²) in [6.07, 6.45) is 0. The van der Waals surface area contributed by atoms with E-state index >= 15 is 0 Å². The molecule has 2 heterocycles. The molecular formula is C19H24BrN3OS. The van der Waals surface area contributed by atoms with Gasteiger partial charge in [0, 0.05) is 43.3 Å². The van der Waals surface area contributed by atoms with Crippen LogP contribution in [0.25, 0.3) is 0 Å². The summed E-state index contributed by atoms with van der Waals surface area (Å²) in [6.45, 7) is 9.41. The number of hydrogen-bond donors (Lipinski definition) is 1. The van der Waals surface area contributed by atoms with Crippen molar-refractivity contribution in [3.8, 4) is 0 Å². The third kappa shape index (κ3) is 5.14. The molecule has 0 unspecified atom stereocenters. The molecule has 1 aromatic heterocycles. The summed E-state index contributed by atoms with van der Waals surface area (Å²) in [4.78, 5) is 18.5. The SMILES string of the molecule is Cc1cccc(C)c1NC(=O)CN1CCN(Cc2ccc(Br)s2)CC1. The highest BCUT2D eigenvalue weighted by molar-refractivity contribution is 9.11. The van der Waals surface area contributed by atoms with Crippen LogP contribution in [0.4, 0.5) is 5.69 Å². The van der Waals surface area contributed by atoms with Gasteiger partial charge in [-0.05, 0) is 53.0 Å². The first-order valence-corrected chi connectivity index (χ1v) is 10.2. The molecular weight excluding hydrogens is 398 g/mol. The van der Waals surface area contributed by atoms with E-state index in [4.69, 9.17) is 0 Å². The standard InChI is InChI=1S/C19H24BrN3OS/c1-14-4-3-5-15(2)19(14)21-18(24)13-23-10-8-22(9-11-23)12-16-6-7-17(20)25-16/h3-7H,8-13H2,1-2H3,(H,21,24). The number of carbonyl (C=O) groups excluding carboxylic acids is 1. The van der Waals surface area contributed by atoms with Crippen LogP contribution < -0.4 is 5.32 Å². The summed E-state index contributed by atoms with van der Waals surface area (Å²) in [5, 5.41) is 3.08. The average Bonchev–Trinajstić information content (AvgIpc) is 2.98. The van der Waals surface area contributed by atoms with Crippen LogP contribution in [0.1, 0.15) is 16.0 Å². The van der Waals surface area contributed by atoms with Crippen molar-refractivity contribution >= 4 is 38.9 Å². The molecule has 0 spiro atoms. The van der Waals surface area contributed by atoms with Crippen molar-refractivity contribution in [2.45, 2.75) is 20.4 Å². The quantitative estimate of drug-likeness (QED) is 0.795. The number of amides is 1. The summed E-state index contributed by atoms with van der Waals surface area (Å²) in [5.41, 5.74) is 3.18. The van der Waals surface area contributed by atoms with Crippen LogP contribution in [0, 0.1) is 13.8 Å². The average molecular weight is 422 g/mol. The number of hydrogen-bond acceptors (Lipinski definition) is 4. The highest BCUT2D eigenvalue weighted by atomic mass is 79.9. The number of anilines is 1. The van der Waals surface area contributed by atoms with Crippen molar-refractivity contribution < 1.29 is 4.79 Å². The van der Waals surface area contributed by atoms with E-state index in [9.17, 15) is 4.79 Å². The normalized spacial score (nSPS) is 16.1. The molecule has 1 saturated heterocycles. The second-order valence-electron chi connectivity index (χ2n) is 6.57. The molecule has 0 saturated carbocycles. The van der Waals surface area contributed by atoms with Gasteiger partial charge in [0.15, 0.2) is 0 Å². The van der Waals surface area contributed by atoms with E-state index in [1.165, 1.54) is 8.66 Å². The Balaban J connectivity index is 1.46. The minimum atomic E-state index is 0.0769. The van der Waals surface area contributed by atoms with Crippen LogP contribution in [-0.2, 0) is 11.3 Å². The number of aryl methyl sites for hydroxylation is 2. The first-order valence-electron chi connectivity index (χ1n) is 8.56. The lowest BCUT2D eigenvalue weighted by molar-refractivity contribution is -0.117. The summed E-state index contributed by atoms with van der Waals surface area (Å²) in [7, 11) is 0. The van der Waals surface area contributed by atoms with Crippen LogP contribution in [-0.4, -0.2) is 48.4 Å². The third-order valence-corrected chi connectivity index (χ3v) is 6.19. The molecule has 0 atom stereocenters. The molecule has 0 radical (unpaired) electrons. The minimum Gasteiger partial charge on any atom is -0.324 e. The second kappa shape index (κ2) is 8.45. The molecule has 1 aliphatic rings. The number of carbonyl (C=O) groups is 1. The van der Waals surface area contributed by atoms with Crippen LogP contribution in [0.2, 0.25) is 0 Å². The molecule has 3 rings (SSSR count). The third-order valence-electron chi connectivity index (χ3n) is 4.59. The van der Waals surface area contributed by atoms with Crippen LogP contribution in [0.15, 0.2) is 34.1 Å². The number of rotatable bonds is 5. The van der Waals surface area contributed by atoms with Crippen molar-refractivity contribution in [3.05, 3.63) is 50.1 Å². The van der Waals surface area contributed by atoms with Crippen molar-refractivity contribution in [2.75, 3.05) is 38.0 Å². The van der Waals surface area contributed by atoms with Crippen LogP contribution in [0.3, 0.4) is 0 Å². The Morgan fingerprint density at radius 3 is 2.32 bits per heavy atom. The van der Waals surface area contributed by atoms with Gasteiger partial charge in [-0.3, -0.25) is 14.6 Å². The van der Waals surface area contributed by atoms with E-state index < -0.39 is 0 Å². The molecule has 1 amide bonds. The predicted molar refractivity (Wildman–Crippen MR) is 108 cm³/mol. The summed E-state index contributed by atoms with van der Waals surface area (Å²) in [5.74, 6) is 0.0769. The molecule has 25 heavy (non-hydrogen) atoms. The fraction of sp³-hybridized carbons (Fsp3) is 0.421. The van der Waals surface area contributed by atoms with Crippen molar-refractivity contribution in [2.24, 2.45) is 0 Å². The highest BCUT2D eigenvalue weighted by Gasteiger charge is 2.20. The molecule has 0 aliphatic carbocycles. The Labute approximate surface area is 162 Å². The van der Waals surface area contributed by atoms with Crippen LogP contribution in [0.5, 0.6) is 0 Å². The molecule has 2 aromatic rings. The summed E-state index contributed by atoms with van der Waals surface area (Å²) >= 11 is 5.31. The van der Waals surface area contributed by atoms with E-state index in [1.54, 1.807) is 11.3 Å². The fourth-order valence-corrected chi connectivity index (χ4v) is 4.68. The van der Waals surface area contributed by atoms with Gasteiger partial charge >= 0.3 is 0 Å². The van der Waals surface area contributed by atoms with E-state index in [1.807, 2.05) is 32.0 Å². The first kappa shape index (κ1) is 18.6. The smallest absolute Gasteiger partial charge is 0.238 e. The zero-order valence-electron chi connectivity index (χ0n) is 14.7. The van der Waals surface area contributed by atoms with Gasteiger partial charge < -0.3 is 5.32 Å². The monoisotopic (exact) mass is 421 g/mol. The molecule has 1 N–H and O–H groups in total. The van der Waals surface area contributed by atoms with Crippen molar-refractivity contribution in [1.82, 2.24) is 9.80 Å². The Morgan fingerprint density at radius 1 is 1.08 bits per heavy atom. The molecule has 1 aliphatic heterocycles. The van der Waals surface area contributed by atoms with Gasteiger partial charge in [-0.25, -0.2) is 0 Å². The van der Waals surface area contributed by atoms with Gasteiger partial charge in [-0.2, -0.15) is 0 Å². The maximum absolute atomic E-state index is 12.4. The lowest BCUT2D eigenvalue weighted by Crippen LogP contribution is -2.48.